The lowest BCUT2D eigenvalue weighted by molar-refractivity contribution is -0.682. The van der Waals surface area contributed by atoms with Crippen LogP contribution in [-0.4, -0.2) is 9.97 Å². The molecule has 86 valence electrons. The number of nitrogens with one attached hydrogen (secondary N) is 2. The van der Waals surface area contributed by atoms with Crippen molar-refractivity contribution in [2.75, 3.05) is 0 Å². The second kappa shape index (κ2) is 4.71. The van der Waals surface area contributed by atoms with E-state index in [1.54, 1.807) is 0 Å². The zero-order valence-corrected chi connectivity index (χ0v) is 12.3. The maximum Gasteiger partial charge on any atom is 0.269 e. The van der Waals surface area contributed by atoms with Crippen molar-refractivity contribution < 1.29 is 9.13 Å². The fraction of sp³-hybridized carbons (Fsp3) is 0.400. The van der Waals surface area contributed by atoms with Gasteiger partial charge in [0.05, 0.1) is 14.1 Å². The quantitative estimate of drug-likeness (QED) is 0.623. The zero-order valence-electron chi connectivity index (χ0n) is 9.11. The number of aryl methyl sites for hydroxylation is 2. The smallest absolute Gasteiger partial charge is 0.247 e. The molecule has 2 rings (SSSR count). The summed E-state index contributed by atoms with van der Waals surface area (Å²) in [6.07, 6.45) is 7.85. The topological polar surface area (TPSA) is 39.3 Å². The Morgan fingerprint density at radius 1 is 0.938 bits per heavy atom. The highest BCUT2D eigenvalue weighted by molar-refractivity contribution is 9.12. The van der Waals surface area contributed by atoms with Gasteiger partial charge in [0.25, 0.3) is 11.6 Å². The van der Waals surface area contributed by atoms with Crippen LogP contribution in [-0.2, 0) is 14.1 Å². The number of hydrogen-bond donors (Lipinski definition) is 2. The van der Waals surface area contributed by atoms with Crippen LogP contribution in [0.25, 0.3) is 0 Å². The molecular formula is C10H14Br2N4+2. The normalized spacial score (nSPS) is 15.0. The lowest BCUT2D eigenvalue weighted by atomic mass is 10.3. The molecule has 6 heteroatoms. The van der Waals surface area contributed by atoms with Gasteiger partial charge in [-0.15, -0.1) is 0 Å². The number of aromatic amines is 2. The van der Waals surface area contributed by atoms with Crippen LogP contribution in [0.2, 0.25) is 0 Å². The summed E-state index contributed by atoms with van der Waals surface area (Å²) in [5.74, 6) is 2.24. The van der Waals surface area contributed by atoms with E-state index < -0.39 is 0 Å². The van der Waals surface area contributed by atoms with Crippen molar-refractivity contribution in [2.24, 2.45) is 14.1 Å². The third-order valence-electron chi connectivity index (χ3n) is 2.60. The van der Waals surface area contributed by atoms with Gasteiger partial charge < -0.3 is 0 Å². The molecule has 0 aliphatic heterocycles. The van der Waals surface area contributed by atoms with E-state index in [2.05, 4.69) is 51.0 Å². The predicted molar refractivity (Wildman–Crippen MR) is 67.3 cm³/mol. The van der Waals surface area contributed by atoms with E-state index in [-0.39, 0.29) is 9.65 Å². The minimum Gasteiger partial charge on any atom is -0.247 e. The Labute approximate surface area is 111 Å². The first-order valence-corrected chi connectivity index (χ1v) is 6.78. The molecule has 2 aromatic heterocycles. The zero-order chi connectivity index (χ0) is 11.7. The van der Waals surface area contributed by atoms with Crippen LogP contribution in [0.4, 0.5) is 0 Å². The molecule has 2 unspecified atom stereocenters. The first-order chi connectivity index (χ1) is 7.61. The third kappa shape index (κ3) is 2.08. The van der Waals surface area contributed by atoms with Gasteiger partial charge in [-0.2, -0.15) is 0 Å². The van der Waals surface area contributed by atoms with Crippen molar-refractivity contribution >= 4 is 31.9 Å². The third-order valence-corrected chi connectivity index (χ3v) is 5.23. The SMILES string of the molecule is C[n+]1cc[nH]c1C(Br)C(Br)c1[nH]cc[n+]1C. The Kier molecular flexibility index (Phi) is 3.49. The molecule has 2 aromatic rings. The van der Waals surface area contributed by atoms with Crippen molar-refractivity contribution in [3.8, 4) is 0 Å². The van der Waals surface area contributed by atoms with Crippen molar-refractivity contribution in [1.82, 2.24) is 9.97 Å². The summed E-state index contributed by atoms with van der Waals surface area (Å²) in [7, 11) is 4.04. The largest absolute Gasteiger partial charge is 0.269 e. The van der Waals surface area contributed by atoms with Crippen molar-refractivity contribution in [3.63, 3.8) is 0 Å². The molecule has 0 aliphatic rings. The lowest BCUT2D eigenvalue weighted by Gasteiger charge is -2.09. The van der Waals surface area contributed by atoms with Crippen LogP contribution in [0.5, 0.6) is 0 Å². The maximum atomic E-state index is 3.70. The molecule has 0 saturated carbocycles. The standard InChI is InChI=1S/C10H12Br2N4/c1-15-5-3-13-9(15)7(11)8(12)10-14-4-6-16(10)2/h3-8H,1-2H3/p+2. The molecule has 4 nitrogen and oxygen atoms in total. The first kappa shape index (κ1) is 11.9. The second-order valence-corrected chi connectivity index (χ2v) is 5.69. The summed E-state index contributed by atoms with van der Waals surface area (Å²) < 4.78 is 4.13. The number of aromatic nitrogens is 4. The molecular weight excluding hydrogens is 336 g/mol. The molecule has 0 aromatic carbocycles. The molecule has 2 heterocycles. The molecule has 0 bridgehead atoms. The second-order valence-electron chi connectivity index (χ2n) is 3.72. The van der Waals surface area contributed by atoms with E-state index in [4.69, 9.17) is 0 Å². The average molecular weight is 350 g/mol. The van der Waals surface area contributed by atoms with Gasteiger partial charge in [-0.3, -0.25) is 0 Å². The molecule has 16 heavy (non-hydrogen) atoms. The minimum atomic E-state index is 0.178. The lowest BCUT2D eigenvalue weighted by Crippen LogP contribution is -2.35. The Bertz CT molecular complexity index is 432. The van der Waals surface area contributed by atoms with E-state index in [1.165, 1.54) is 0 Å². The molecule has 0 fully saturated rings. The van der Waals surface area contributed by atoms with Gasteiger partial charge >= 0.3 is 0 Å². The van der Waals surface area contributed by atoms with Crippen molar-refractivity contribution in [1.29, 1.82) is 0 Å². The molecule has 2 atom stereocenters. The minimum absolute atomic E-state index is 0.178. The summed E-state index contributed by atoms with van der Waals surface area (Å²) >= 11 is 7.41. The Balaban J connectivity index is 2.26. The molecule has 0 amide bonds. The van der Waals surface area contributed by atoms with Crippen molar-refractivity contribution in [3.05, 3.63) is 36.4 Å². The van der Waals surface area contributed by atoms with Gasteiger partial charge in [0.1, 0.15) is 34.4 Å². The average Bonchev–Trinajstić information content (AvgIpc) is 2.85. The van der Waals surface area contributed by atoms with E-state index in [0.29, 0.717) is 0 Å². The van der Waals surface area contributed by atoms with Crippen LogP contribution < -0.4 is 9.13 Å². The number of nitrogens with zero attached hydrogens (tertiary/aromatic N) is 2. The fourth-order valence-electron chi connectivity index (χ4n) is 1.66. The van der Waals surface area contributed by atoms with E-state index in [1.807, 2.05) is 38.9 Å². The van der Waals surface area contributed by atoms with Gasteiger partial charge in [0.15, 0.2) is 0 Å². The van der Waals surface area contributed by atoms with Gasteiger partial charge in [-0.05, 0) is 0 Å². The van der Waals surface area contributed by atoms with Crippen LogP contribution in [0.15, 0.2) is 24.8 Å². The summed E-state index contributed by atoms with van der Waals surface area (Å²) in [4.78, 5) is 6.82. The highest BCUT2D eigenvalue weighted by Crippen LogP contribution is 2.38. The van der Waals surface area contributed by atoms with Crippen LogP contribution >= 0.6 is 31.9 Å². The van der Waals surface area contributed by atoms with Crippen LogP contribution in [0, 0.1) is 0 Å². The Hall–Kier alpha value is -0.620. The van der Waals surface area contributed by atoms with E-state index >= 15 is 0 Å². The summed E-state index contributed by atoms with van der Waals surface area (Å²) in [5.41, 5.74) is 0. The number of rotatable bonds is 3. The molecule has 0 saturated heterocycles. The summed E-state index contributed by atoms with van der Waals surface area (Å²) in [6, 6.07) is 0. The van der Waals surface area contributed by atoms with Crippen LogP contribution in [0.1, 0.15) is 21.3 Å². The summed E-state index contributed by atoms with van der Waals surface area (Å²) in [6.45, 7) is 0. The van der Waals surface area contributed by atoms with Gasteiger partial charge in [0.2, 0.25) is 0 Å². The number of imidazole rings is 2. The Morgan fingerprint density at radius 2 is 1.31 bits per heavy atom. The monoisotopic (exact) mass is 348 g/mol. The number of H-pyrrole nitrogens is 2. The molecule has 0 radical (unpaired) electrons. The van der Waals surface area contributed by atoms with Gasteiger partial charge in [-0.25, -0.2) is 19.1 Å². The van der Waals surface area contributed by atoms with Crippen LogP contribution in [0.3, 0.4) is 0 Å². The summed E-state index contributed by atoms with van der Waals surface area (Å²) in [5, 5.41) is 0. The number of alkyl halides is 2. The van der Waals surface area contributed by atoms with Crippen molar-refractivity contribution in [2.45, 2.75) is 9.65 Å². The highest BCUT2D eigenvalue weighted by atomic mass is 79.9. The number of hydrogen-bond acceptors (Lipinski definition) is 0. The molecule has 0 spiro atoms. The van der Waals surface area contributed by atoms with E-state index in [9.17, 15) is 0 Å². The Morgan fingerprint density at radius 3 is 1.56 bits per heavy atom. The van der Waals surface area contributed by atoms with E-state index in [0.717, 1.165) is 11.6 Å². The first-order valence-electron chi connectivity index (χ1n) is 4.95. The highest BCUT2D eigenvalue weighted by Gasteiger charge is 2.33. The number of halogens is 2. The molecule has 2 N–H and O–H groups in total. The maximum absolute atomic E-state index is 3.70. The van der Waals surface area contributed by atoms with Gasteiger partial charge in [-0.1, -0.05) is 31.9 Å². The predicted octanol–water partition coefficient (Wildman–Crippen LogP) is 1.56. The fourth-order valence-corrected chi connectivity index (χ4v) is 3.07. The van der Waals surface area contributed by atoms with Gasteiger partial charge in [0, 0.05) is 0 Å². The molecule has 0 aliphatic carbocycles.